The first kappa shape index (κ1) is 30.3. The second kappa shape index (κ2) is 10.8. The summed E-state index contributed by atoms with van der Waals surface area (Å²) in [5.74, 6) is -2.77. The summed E-state index contributed by atoms with van der Waals surface area (Å²) in [5, 5.41) is 25.0. The van der Waals surface area contributed by atoms with Gasteiger partial charge in [0.2, 0.25) is 5.91 Å². The number of nitrogens with one attached hydrogen (secondary N) is 1. The molecule has 0 bridgehead atoms. The molecule has 0 radical (unpaired) electrons. The van der Waals surface area contributed by atoms with Crippen molar-refractivity contribution in [3.8, 4) is 17.2 Å². The lowest BCUT2D eigenvalue weighted by atomic mass is 9.70. The highest BCUT2D eigenvalue weighted by Gasteiger charge is 2.78. The predicted molar refractivity (Wildman–Crippen MR) is 159 cm³/mol. The zero-order chi connectivity index (χ0) is 30.6. The maximum Gasteiger partial charge on any atom is 0.303 e. The highest BCUT2D eigenvalue weighted by Crippen LogP contribution is 2.70. The van der Waals surface area contributed by atoms with Crippen LogP contribution in [0.2, 0.25) is 0 Å². The van der Waals surface area contributed by atoms with Gasteiger partial charge in [-0.05, 0) is 37.1 Å². The molecule has 0 saturated heterocycles. The molecule has 0 aromatic heterocycles. The first-order chi connectivity index (χ1) is 19.8. The second-order valence-corrected chi connectivity index (χ2v) is 13.4. The van der Waals surface area contributed by atoms with Gasteiger partial charge in [0, 0.05) is 35.6 Å². The van der Waals surface area contributed by atoms with Crippen molar-refractivity contribution < 1.29 is 37.6 Å². The Morgan fingerprint density at radius 3 is 2.29 bits per heavy atom. The van der Waals surface area contributed by atoms with Crippen LogP contribution in [0.4, 0.5) is 0 Å². The molecule has 12 heteroatoms. The van der Waals surface area contributed by atoms with E-state index in [4.69, 9.17) is 14.2 Å². The number of nitrogens with zero attached hydrogens (tertiary/aromatic N) is 1. The van der Waals surface area contributed by atoms with Crippen LogP contribution in [0.15, 0.2) is 71.2 Å². The molecule has 224 valence electrons. The Hall–Kier alpha value is -3.16. The molecule has 1 fully saturated rings. The monoisotopic (exact) mass is 660 g/mol. The number of amides is 1. The topological polar surface area (TPSA) is 135 Å². The summed E-state index contributed by atoms with van der Waals surface area (Å²) in [6.07, 6.45) is -1.84. The van der Waals surface area contributed by atoms with Gasteiger partial charge in [-0.3, -0.25) is 4.79 Å². The van der Waals surface area contributed by atoms with Crippen LogP contribution in [0.1, 0.15) is 36.5 Å². The van der Waals surface area contributed by atoms with Gasteiger partial charge in [0.15, 0.2) is 11.2 Å². The van der Waals surface area contributed by atoms with Gasteiger partial charge in [-0.2, -0.15) is 12.7 Å². The molecular formula is C30H33BrN2O8S. The predicted octanol–water partition coefficient (Wildman–Crippen LogP) is 3.42. The Labute approximate surface area is 253 Å². The minimum atomic E-state index is -4.29. The molecule has 0 spiro atoms. The lowest BCUT2D eigenvalue weighted by Gasteiger charge is -2.40. The second-order valence-electron chi connectivity index (χ2n) is 10.8. The number of hydrogen-bond acceptors (Lipinski definition) is 8. The standard InChI is InChI=1S/C30H33BrN2O8S/c1-17(2)33(3)42(37,38)32-28(35)24-25(18-9-7-6-8-10-18)30(19-11-13-20(31)14-12-19)29(36,27(24)34)26-22(40-5)15-21(39-4)16-23(26)41-30/h6-17,24-25,27,34,36H,1-5H3,(H,32,35)/t24-,25-,27-,29+,30+/m1/s1. The fraction of sp³-hybridized carbons (Fsp3) is 0.367. The number of methoxy groups -OCH3 is 2. The van der Waals surface area contributed by atoms with Crippen molar-refractivity contribution in [3.63, 3.8) is 0 Å². The van der Waals surface area contributed by atoms with Gasteiger partial charge < -0.3 is 24.4 Å². The Morgan fingerprint density at radius 1 is 1.07 bits per heavy atom. The molecule has 0 unspecified atom stereocenters. The molecule has 5 atom stereocenters. The number of fused-ring (bicyclic) bond motifs is 3. The molecule has 3 N–H and O–H groups in total. The highest BCUT2D eigenvalue weighted by molar-refractivity contribution is 9.10. The molecular weight excluding hydrogens is 628 g/mol. The van der Waals surface area contributed by atoms with Gasteiger partial charge in [-0.15, -0.1) is 0 Å². The summed E-state index contributed by atoms with van der Waals surface area (Å²) in [7, 11) is -0.0496. The van der Waals surface area contributed by atoms with Crippen LogP contribution < -0.4 is 18.9 Å². The number of hydrogen-bond donors (Lipinski definition) is 3. The summed E-state index contributed by atoms with van der Waals surface area (Å²) in [4.78, 5) is 14.0. The summed E-state index contributed by atoms with van der Waals surface area (Å²) in [5.41, 5.74) is -2.95. The van der Waals surface area contributed by atoms with Crippen molar-refractivity contribution in [2.45, 2.75) is 43.1 Å². The Kier molecular flexibility index (Phi) is 7.82. The smallest absolute Gasteiger partial charge is 0.303 e. The van der Waals surface area contributed by atoms with Gasteiger partial charge in [0.05, 0.1) is 25.7 Å². The van der Waals surface area contributed by atoms with Crippen molar-refractivity contribution in [1.29, 1.82) is 0 Å². The zero-order valence-corrected chi connectivity index (χ0v) is 26.1. The third kappa shape index (κ3) is 4.39. The molecule has 5 rings (SSSR count). The van der Waals surface area contributed by atoms with Crippen LogP contribution >= 0.6 is 15.9 Å². The summed E-state index contributed by atoms with van der Waals surface area (Å²) >= 11 is 3.45. The fourth-order valence-corrected chi connectivity index (χ4v) is 7.55. The van der Waals surface area contributed by atoms with Crippen molar-refractivity contribution >= 4 is 32.0 Å². The lowest BCUT2D eigenvalue weighted by Crippen LogP contribution is -2.52. The Balaban J connectivity index is 1.81. The first-order valence-corrected chi connectivity index (χ1v) is 15.5. The molecule has 1 aliphatic carbocycles. The molecule has 42 heavy (non-hydrogen) atoms. The summed E-state index contributed by atoms with van der Waals surface area (Å²) < 4.78 is 48.1. The SMILES string of the molecule is COc1cc(OC)c2c(c1)O[C@@]1(c3ccc(Br)cc3)[C@H](c3ccccc3)[C@@H](C(=O)NS(=O)(=O)N(C)C(C)C)[C@@H](O)[C@@]21O. The number of halogens is 1. The van der Waals surface area contributed by atoms with E-state index in [0.29, 0.717) is 16.9 Å². The van der Waals surface area contributed by atoms with Gasteiger partial charge in [-0.25, -0.2) is 4.72 Å². The van der Waals surface area contributed by atoms with Gasteiger partial charge in [0.1, 0.15) is 23.4 Å². The Morgan fingerprint density at radius 2 is 1.71 bits per heavy atom. The van der Waals surface area contributed by atoms with E-state index in [2.05, 4.69) is 20.7 Å². The number of aliphatic hydroxyl groups excluding tert-OH is 1. The molecule has 1 amide bonds. The van der Waals surface area contributed by atoms with E-state index in [1.807, 2.05) is 0 Å². The number of benzene rings is 3. The van der Waals surface area contributed by atoms with Crippen LogP contribution in [0.3, 0.4) is 0 Å². The fourth-order valence-electron chi connectivity index (χ4n) is 6.20. The number of carbonyl (C=O) groups excluding carboxylic acids is 1. The summed E-state index contributed by atoms with van der Waals surface area (Å²) in [6, 6.07) is 18.5. The van der Waals surface area contributed by atoms with E-state index in [0.717, 1.165) is 8.78 Å². The molecule has 3 aromatic carbocycles. The molecule has 1 saturated carbocycles. The van der Waals surface area contributed by atoms with Gasteiger partial charge in [0.25, 0.3) is 0 Å². The van der Waals surface area contributed by atoms with Crippen molar-refractivity contribution in [2.75, 3.05) is 21.3 Å². The molecule has 3 aromatic rings. The molecule has 10 nitrogen and oxygen atoms in total. The van der Waals surface area contributed by atoms with Crippen LogP contribution in [0, 0.1) is 5.92 Å². The average Bonchev–Trinajstić information content (AvgIpc) is 3.34. The maximum atomic E-state index is 14.0. The molecule has 1 heterocycles. The summed E-state index contributed by atoms with van der Waals surface area (Å²) in [6.45, 7) is 3.34. The third-order valence-corrected chi connectivity index (χ3v) is 10.5. The van der Waals surface area contributed by atoms with Crippen molar-refractivity contribution in [3.05, 3.63) is 87.9 Å². The number of ether oxygens (including phenoxy) is 3. The number of carbonyl (C=O) groups is 1. The Bertz CT molecular complexity index is 1600. The average molecular weight is 662 g/mol. The zero-order valence-electron chi connectivity index (χ0n) is 23.7. The molecule has 1 aliphatic heterocycles. The van der Waals surface area contributed by atoms with Crippen LogP contribution in [0.5, 0.6) is 17.2 Å². The third-order valence-electron chi connectivity index (χ3n) is 8.35. The van der Waals surface area contributed by atoms with Gasteiger partial charge in [-0.1, -0.05) is 58.4 Å². The quantitative estimate of drug-likeness (QED) is 0.335. The van der Waals surface area contributed by atoms with E-state index in [1.54, 1.807) is 80.6 Å². The van der Waals surface area contributed by atoms with E-state index in [9.17, 15) is 23.4 Å². The van der Waals surface area contributed by atoms with Crippen LogP contribution in [-0.4, -0.2) is 62.3 Å². The van der Waals surface area contributed by atoms with E-state index in [-0.39, 0.29) is 17.1 Å². The largest absolute Gasteiger partial charge is 0.496 e. The number of rotatable bonds is 8. The van der Waals surface area contributed by atoms with Crippen LogP contribution in [0.25, 0.3) is 0 Å². The lowest BCUT2D eigenvalue weighted by molar-refractivity contribution is -0.154. The van der Waals surface area contributed by atoms with Crippen molar-refractivity contribution in [2.24, 2.45) is 5.92 Å². The first-order valence-electron chi connectivity index (χ1n) is 13.3. The number of aliphatic hydroxyl groups is 2. The van der Waals surface area contributed by atoms with Crippen molar-refractivity contribution in [1.82, 2.24) is 9.03 Å². The minimum absolute atomic E-state index is 0.125. The normalized spacial score (nSPS) is 26.5. The minimum Gasteiger partial charge on any atom is -0.496 e. The van der Waals surface area contributed by atoms with E-state index >= 15 is 0 Å². The highest BCUT2D eigenvalue weighted by atomic mass is 79.9. The van der Waals surface area contributed by atoms with E-state index < -0.39 is 51.3 Å². The van der Waals surface area contributed by atoms with E-state index in [1.165, 1.54) is 21.3 Å². The van der Waals surface area contributed by atoms with Gasteiger partial charge >= 0.3 is 10.2 Å². The van der Waals surface area contributed by atoms with Crippen LogP contribution in [-0.2, 0) is 26.2 Å². The maximum absolute atomic E-state index is 14.0. The molecule has 2 aliphatic rings.